The van der Waals surface area contributed by atoms with Crippen molar-refractivity contribution in [2.45, 2.75) is 58.1 Å². The van der Waals surface area contributed by atoms with Gasteiger partial charge in [0.1, 0.15) is 5.60 Å². The second-order valence-corrected chi connectivity index (χ2v) is 8.06. The third kappa shape index (κ3) is 6.05. The molecule has 0 spiro atoms. The first-order valence-corrected chi connectivity index (χ1v) is 9.05. The summed E-state index contributed by atoms with van der Waals surface area (Å²) in [6.07, 6.45) is 4.21. The maximum absolute atomic E-state index is 12.2. The summed E-state index contributed by atoms with van der Waals surface area (Å²) in [6.45, 7) is 10.9. The fourth-order valence-electron chi connectivity index (χ4n) is 3.70. The van der Waals surface area contributed by atoms with Crippen molar-refractivity contribution in [3.05, 3.63) is 0 Å². The number of methoxy groups -OCH3 is 1. The third-order valence-corrected chi connectivity index (χ3v) is 4.91. The number of carbonyl (C=O) groups excluding carboxylic acids is 1. The van der Waals surface area contributed by atoms with Crippen LogP contribution < -0.4 is 5.32 Å². The van der Waals surface area contributed by atoms with Crippen LogP contribution >= 0.6 is 0 Å². The molecule has 1 atom stereocenters. The van der Waals surface area contributed by atoms with Gasteiger partial charge < -0.3 is 14.8 Å². The molecule has 1 aliphatic carbocycles. The largest absolute Gasteiger partial charge is 0.460 e. The molecule has 0 amide bonds. The predicted molar refractivity (Wildman–Crippen MR) is 91.4 cm³/mol. The van der Waals surface area contributed by atoms with E-state index in [1.807, 2.05) is 20.8 Å². The predicted octanol–water partition coefficient (Wildman–Crippen LogP) is 2.05. The van der Waals surface area contributed by atoms with Gasteiger partial charge in [-0.05, 0) is 52.4 Å². The zero-order valence-corrected chi connectivity index (χ0v) is 15.3. The van der Waals surface area contributed by atoms with Crippen molar-refractivity contribution >= 4 is 5.97 Å². The van der Waals surface area contributed by atoms with E-state index in [2.05, 4.69) is 10.2 Å². The van der Waals surface area contributed by atoms with E-state index in [0.29, 0.717) is 12.0 Å². The molecule has 0 aromatic heterocycles. The summed E-state index contributed by atoms with van der Waals surface area (Å²) in [4.78, 5) is 14.8. The van der Waals surface area contributed by atoms with Crippen LogP contribution in [0.2, 0.25) is 0 Å². The summed E-state index contributed by atoms with van der Waals surface area (Å²) in [5.74, 6) is 0.796. The summed E-state index contributed by atoms with van der Waals surface area (Å²) in [6, 6.07) is 0.484. The lowest BCUT2D eigenvalue weighted by molar-refractivity contribution is -0.161. The lowest BCUT2D eigenvalue weighted by Crippen LogP contribution is -2.54. The van der Waals surface area contributed by atoms with Gasteiger partial charge in [-0.25, -0.2) is 0 Å². The molecular formula is C18H34N2O3. The quantitative estimate of drug-likeness (QED) is 0.784. The number of rotatable bonds is 5. The van der Waals surface area contributed by atoms with Crippen molar-refractivity contribution in [3.63, 3.8) is 0 Å². The second-order valence-electron chi connectivity index (χ2n) is 8.06. The lowest BCUT2D eigenvalue weighted by Gasteiger charge is -2.39. The van der Waals surface area contributed by atoms with Gasteiger partial charge in [0.2, 0.25) is 0 Å². The van der Waals surface area contributed by atoms with E-state index in [0.717, 1.165) is 58.5 Å². The van der Waals surface area contributed by atoms with Crippen molar-refractivity contribution in [2.24, 2.45) is 11.8 Å². The number of hydrogen-bond acceptors (Lipinski definition) is 5. The van der Waals surface area contributed by atoms with Crippen LogP contribution in [0.15, 0.2) is 0 Å². The molecule has 1 aliphatic heterocycles. The Balaban J connectivity index is 1.76. The Morgan fingerprint density at radius 3 is 2.52 bits per heavy atom. The molecule has 2 rings (SSSR count). The average molecular weight is 326 g/mol. The Morgan fingerprint density at radius 1 is 1.22 bits per heavy atom. The smallest absolute Gasteiger partial charge is 0.309 e. The van der Waals surface area contributed by atoms with E-state index in [4.69, 9.17) is 9.47 Å². The minimum absolute atomic E-state index is 0.00428. The van der Waals surface area contributed by atoms with Crippen LogP contribution in [0, 0.1) is 11.8 Å². The standard InChI is InChI=1S/C18H34N2O3/c1-18(2,3)23-17(21)15-7-5-14(6-8-15)12-20-10-9-19-11-16(20)13-22-4/h14-16,19H,5-13H2,1-4H3/t14?,15?,16-/m1/s1. The Morgan fingerprint density at radius 2 is 1.91 bits per heavy atom. The van der Waals surface area contributed by atoms with Gasteiger partial charge in [-0.15, -0.1) is 0 Å². The van der Waals surface area contributed by atoms with Gasteiger partial charge in [-0.2, -0.15) is 0 Å². The molecule has 5 nitrogen and oxygen atoms in total. The highest BCUT2D eigenvalue weighted by Crippen LogP contribution is 2.31. The molecule has 23 heavy (non-hydrogen) atoms. The Bertz CT molecular complexity index is 371. The first-order chi connectivity index (χ1) is 10.9. The van der Waals surface area contributed by atoms with Crippen LogP contribution in [0.25, 0.3) is 0 Å². The molecule has 0 aromatic carbocycles. The van der Waals surface area contributed by atoms with Crippen molar-refractivity contribution in [3.8, 4) is 0 Å². The van der Waals surface area contributed by atoms with Crippen molar-refractivity contribution in [1.82, 2.24) is 10.2 Å². The topological polar surface area (TPSA) is 50.8 Å². The van der Waals surface area contributed by atoms with Crippen LogP contribution in [-0.2, 0) is 14.3 Å². The van der Waals surface area contributed by atoms with Gasteiger partial charge in [0.05, 0.1) is 12.5 Å². The molecule has 1 saturated carbocycles. The molecule has 2 aliphatic rings. The molecule has 0 aromatic rings. The van der Waals surface area contributed by atoms with Crippen molar-refractivity contribution in [1.29, 1.82) is 0 Å². The van der Waals surface area contributed by atoms with Crippen molar-refractivity contribution < 1.29 is 14.3 Å². The Kier molecular flexibility index (Phi) is 6.86. The number of piperazine rings is 1. The molecular weight excluding hydrogens is 292 g/mol. The number of nitrogens with zero attached hydrogens (tertiary/aromatic N) is 1. The summed E-state index contributed by atoms with van der Waals surface area (Å²) >= 11 is 0. The van der Waals surface area contributed by atoms with Gasteiger partial charge >= 0.3 is 5.97 Å². The highest BCUT2D eigenvalue weighted by Gasteiger charge is 2.32. The number of hydrogen-bond donors (Lipinski definition) is 1. The van der Waals surface area contributed by atoms with E-state index < -0.39 is 0 Å². The highest BCUT2D eigenvalue weighted by atomic mass is 16.6. The zero-order chi connectivity index (χ0) is 16.9. The summed E-state index contributed by atoms with van der Waals surface area (Å²) in [5, 5.41) is 3.45. The van der Waals surface area contributed by atoms with E-state index in [1.165, 1.54) is 0 Å². The molecule has 1 N–H and O–H groups in total. The SMILES string of the molecule is COC[C@H]1CNCCN1CC1CCC(C(=O)OC(C)(C)C)CC1. The van der Waals surface area contributed by atoms with Crippen LogP contribution in [0.3, 0.4) is 0 Å². The average Bonchev–Trinajstić information content (AvgIpc) is 2.48. The normalized spacial score (nSPS) is 30.2. The van der Waals surface area contributed by atoms with Gasteiger partial charge in [0.25, 0.3) is 0 Å². The van der Waals surface area contributed by atoms with E-state index >= 15 is 0 Å². The molecule has 0 bridgehead atoms. The van der Waals surface area contributed by atoms with E-state index in [9.17, 15) is 4.79 Å². The summed E-state index contributed by atoms with van der Waals surface area (Å²) < 4.78 is 10.9. The minimum atomic E-state index is -0.373. The summed E-state index contributed by atoms with van der Waals surface area (Å²) in [5.41, 5.74) is -0.373. The first-order valence-electron chi connectivity index (χ1n) is 9.05. The van der Waals surface area contributed by atoms with Crippen LogP contribution in [0.4, 0.5) is 0 Å². The number of esters is 1. The monoisotopic (exact) mass is 326 g/mol. The maximum atomic E-state index is 12.2. The fourth-order valence-corrected chi connectivity index (χ4v) is 3.70. The Labute approximate surface area is 141 Å². The lowest BCUT2D eigenvalue weighted by atomic mass is 9.81. The molecule has 1 saturated heterocycles. The van der Waals surface area contributed by atoms with Crippen molar-refractivity contribution in [2.75, 3.05) is 39.9 Å². The molecule has 5 heteroatoms. The van der Waals surface area contributed by atoms with Gasteiger partial charge in [-0.1, -0.05) is 0 Å². The fraction of sp³-hybridized carbons (Fsp3) is 0.944. The van der Waals surface area contributed by atoms with Crippen LogP contribution in [-0.4, -0.2) is 62.4 Å². The van der Waals surface area contributed by atoms with E-state index in [-0.39, 0.29) is 17.5 Å². The van der Waals surface area contributed by atoms with Crippen LogP contribution in [0.5, 0.6) is 0 Å². The Hall–Kier alpha value is -0.650. The number of ether oxygens (including phenoxy) is 2. The maximum Gasteiger partial charge on any atom is 0.309 e. The summed E-state index contributed by atoms with van der Waals surface area (Å²) in [7, 11) is 1.78. The van der Waals surface area contributed by atoms with Gasteiger partial charge in [0.15, 0.2) is 0 Å². The zero-order valence-electron chi connectivity index (χ0n) is 15.3. The number of carbonyl (C=O) groups is 1. The van der Waals surface area contributed by atoms with Gasteiger partial charge in [0, 0.05) is 39.3 Å². The molecule has 0 unspecified atom stereocenters. The van der Waals surface area contributed by atoms with E-state index in [1.54, 1.807) is 7.11 Å². The van der Waals surface area contributed by atoms with Crippen LogP contribution in [0.1, 0.15) is 46.5 Å². The van der Waals surface area contributed by atoms with Gasteiger partial charge in [-0.3, -0.25) is 9.69 Å². The molecule has 1 heterocycles. The highest BCUT2D eigenvalue weighted by molar-refractivity contribution is 5.72. The molecule has 134 valence electrons. The molecule has 0 radical (unpaired) electrons. The third-order valence-electron chi connectivity index (χ3n) is 4.91. The minimum Gasteiger partial charge on any atom is -0.460 e. The number of nitrogens with one attached hydrogen (secondary N) is 1. The second kappa shape index (κ2) is 8.45. The molecule has 2 fully saturated rings. The first kappa shape index (κ1) is 18.7.